The Bertz CT molecular complexity index is 54.9. The molecule has 0 aromatic carbocycles. The molecule has 0 spiro atoms. The van der Waals surface area contributed by atoms with Crippen LogP contribution in [0.2, 0.25) is 0 Å². The molecule has 0 heterocycles. The van der Waals surface area contributed by atoms with Crippen LogP contribution >= 0.6 is 0 Å². The lowest BCUT2D eigenvalue weighted by atomic mass is 10.7. The van der Waals surface area contributed by atoms with E-state index in [1.54, 1.807) is 0 Å². The van der Waals surface area contributed by atoms with Gasteiger partial charge in [0.25, 0.3) is 0 Å². The molecule has 2 N–H and O–H groups in total. The molecule has 7 heavy (non-hydrogen) atoms. The average Bonchev–Trinajstić information content (AvgIpc) is 1.61. The van der Waals surface area contributed by atoms with Crippen molar-refractivity contribution in [2.75, 3.05) is 6.67 Å². The molecule has 4 heteroatoms. The zero-order valence-corrected chi connectivity index (χ0v) is 4.09. The van der Waals surface area contributed by atoms with E-state index in [0.717, 1.165) is 0 Å². The van der Waals surface area contributed by atoms with Crippen molar-refractivity contribution in [3.8, 4) is 0 Å². The van der Waals surface area contributed by atoms with E-state index >= 15 is 0 Å². The zero-order chi connectivity index (χ0) is 5.70. The van der Waals surface area contributed by atoms with Crippen LogP contribution in [-0.2, 0) is 0 Å². The first-order chi connectivity index (χ1) is 3.27. The van der Waals surface area contributed by atoms with Gasteiger partial charge in [0, 0.05) is 0 Å². The van der Waals surface area contributed by atoms with Gasteiger partial charge in [-0.25, -0.2) is 0 Å². The van der Waals surface area contributed by atoms with Crippen LogP contribution < -0.4 is 5.32 Å². The number of hydrogen-bond donors (Lipinski definition) is 2. The van der Waals surface area contributed by atoms with Crippen LogP contribution in [0.3, 0.4) is 0 Å². The monoisotopic (exact) mass is 104 g/mol. The molecule has 0 amide bonds. The highest BCUT2D eigenvalue weighted by molar-refractivity contribution is 4.39. The van der Waals surface area contributed by atoms with Crippen molar-refractivity contribution in [1.82, 2.24) is 5.32 Å². The SMILES string of the molecule is CC(O)NCN=O. The Kier molecular flexibility index (Phi) is 3.45. The van der Waals surface area contributed by atoms with Gasteiger partial charge in [-0.05, 0) is 6.92 Å². The molecule has 0 aliphatic heterocycles. The fourth-order valence-corrected chi connectivity index (χ4v) is 0.169. The van der Waals surface area contributed by atoms with Gasteiger partial charge in [-0.2, -0.15) is 0 Å². The first kappa shape index (κ1) is 6.52. The van der Waals surface area contributed by atoms with E-state index in [-0.39, 0.29) is 6.67 Å². The van der Waals surface area contributed by atoms with Crippen molar-refractivity contribution < 1.29 is 5.11 Å². The molecule has 0 rings (SSSR count). The summed E-state index contributed by atoms with van der Waals surface area (Å²) in [6.07, 6.45) is -0.641. The molecule has 0 aromatic heterocycles. The van der Waals surface area contributed by atoms with Crippen LogP contribution in [0.4, 0.5) is 0 Å². The van der Waals surface area contributed by atoms with Gasteiger partial charge in [-0.1, -0.05) is 5.18 Å². The van der Waals surface area contributed by atoms with Gasteiger partial charge in [-0.15, -0.1) is 4.91 Å². The fourth-order valence-electron chi connectivity index (χ4n) is 0.169. The number of nitrogens with zero attached hydrogens (tertiary/aromatic N) is 1. The molecule has 4 nitrogen and oxygen atoms in total. The second-order valence-electron chi connectivity index (χ2n) is 1.17. The minimum atomic E-state index is -0.641. The highest BCUT2D eigenvalue weighted by Gasteiger charge is 1.87. The molecule has 0 saturated carbocycles. The molecule has 0 saturated heterocycles. The van der Waals surface area contributed by atoms with Gasteiger partial charge >= 0.3 is 0 Å². The second-order valence-corrected chi connectivity index (χ2v) is 1.17. The minimum absolute atomic E-state index is 0.0301. The molecule has 0 radical (unpaired) electrons. The van der Waals surface area contributed by atoms with Crippen molar-refractivity contribution in [2.45, 2.75) is 13.2 Å². The third-order valence-electron chi connectivity index (χ3n) is 0.451. The number of rotatable bonds is 3. The van der Waals surface area contributed by atoms with Gasteiger partial charge in [0.15, 0.2) is 0 Å². The number of nitroso groups, excluding NO2 is 1. The Labute approximate surface area is 41.5 Å². The zero-order valence-electron chi connectivity index (χ0n) is 4.09. The maximum absolute atomic E-state index is 9.29. The van der Waals surface area contributed by atoms with Gasteiger partial charge in [0.1, 0.15) is 12.9 Å². The maximum atomic E-state index is 9.29. The van der Waals surface area contributed by atoms with Gasteiger partial charge in [-0.3, -0.25) is 5.32 Å². The van der Waals surface area contributed by atoms with Crippen LogP contribution in [0.1, 0.15) is 6.92 Å². The summed E-state index contributed by atoms with van der Waals surface area (Å²) in [4.78, 5) is 9.29. The first-order valence-corrected chi connectivity index (χ1v) is 1.98. The quantitative estimate of drug-likeness (QED) is 0.379. The number of aliphatic hydroxyl groups is 1. The molecule has 1 atom stereocenters. The largest absolute Gasteiger partial charge is 0.379 e. The minimum Gasteiger partial charge on any atom is -0.379 e. The highest BCUT2D eigenvalue weighted by atomic mass is 16.3. The molecule has 0 fully saturated rings. The Balaban J connectivity index is 2.81. The van der Waals surface area contributed by atoms with E-state index in [0.29, 0.717) is 0 Å². The van der Waals surface area contributed by atoms with E-state index in [2.05, 4.69) is 10.5 Å². The van der Waals surface area contributed by atoms with Gasteiger partial charge < -0.3 is 5.11 Å². The molecular weight excluding hydrogens is 96.0 g/mol. The predicted octanol–water partition coefficient (Wildman–Crippen LogP) is -0.362. The molecular formula is C3H8N2O2. The van der Waals surface area contributed by atoms with E-state index in [1.165, 1.54) is 6.92 Å². The standard InChI is InChI=1S/C3H8N2O2/c1-3(6)4-2-5-7/h3-4,6H,2H2,1H3. The smallest absolute Gasteiger partial charge is 0.133 e. The molecule has 0 bridgehead atoms. The summed E-state index contributed by atoms with van der Waals surface area (Å²) >= 11 is 0. The Morgan fingerprint density at radius 1 is 2.00 bits per heavy atom. The first-order valence-electron chi connectivity index (χ1n) is 1.98. The molecule has 0 aromatic rings. The van der Waals surface area contributed by atoms with E-state index in [1.807, 2.05) is 0 Å². The van der Waals surface area contributed by atoms with Gasteiger partial charge in [0.2, 0.25) is 0 Å². The lowest BCUT2D eigenvalue weighted by Gasteiger charge is -1.98. The van der Waals surface area contributed by atoms with Crippen molar-refractivity contribution in [3.63, 3.8) is 0 Å². The van der Waals surface area contributed by atoms with Crippen LogP contribution in [0.5, 0.6) is 0 Å². The van der Waals surface area contributed by atoms with Crippen LogP contribution in [0.25, 0.3) is 0 Å². The summed E-state index contributed by atoms with van der Waals surface area (Å²) < 4.78 is 0. The lowest BCUT2D eigenvalue weighted by molar-refractivity contribution is 0.158. The Hall–Kier alpha value is -0.480. The second kappa shape index (κ2) is 3.70. The van der Waals surface area contributed by atoms with Gasteiger partial charge in [0.05, 0.1) is 0 Å². The van der Waals surface area contributed by atoms with E-state index < -0.39 is 6.23 Å². The topological polar surface area (TPSA) is 61.7 Å². The number of hydrogen-bond acceptors (Lipinski definition) is 4. The third kappa shape index (κ3) is 5.52. The van der Waals surface area contributed by atoms with Crippen molar-refractivity contribution >= 4 is 0 Å². The lowest BCUT2D eigenvalue weighted by Crippen LogP contribution is -2.24. The average molecular weight is 104 g/mol. The predicted molar refractivity (Wildman–Crippen MR) is 25.5 cm³/mol. The molecule has 0 aliphatic rings. The maximum Gasteiger partial charge on any atom is 0.133 e. The van der Waals surface area contributed by atoms with Crippen molar-refractivity contribution in [3.05, 3.63) is 4.91 Å². The number of nitrogens with one attached hydrogen (secondary N) is 1. The van der Waals surface area contributed by atoms with Crippen molar-refractivity contribution in [2.24, 2.45) is 5.18 Å². The summed E-state index contributed by atoms with van der Waals surface area (Å²) in [5, 5.41) is 13.2. The van der Waals surface area contributed by atoms with Crippen molar-refractivity contribution in [1.29, 1.82) is 0 Å². The molecule has 42 valence electrons. The van der Waals surface area contributed by atoms with E-state index in [9.17, 15) is 4.91 Å². The van der Waals surface area contributed by atoms with Crippen LogP contribution in [0.15, 0.2) is 5.18 Å². The highest BCUT2D eigenvalue weighted by Crippen LogP contribution is 1.67. The normalized spacial score (nSPS) is 13.4. The third-order valence-corrected chi connectivity index (χ3v) is 0.451. The summed E-state index contributed by atoms with van der Waals surface area (Å²) in [7, 11) is 0. The van der Waals surface area contributed by atoms with E-state index in [4.69, 9.17) is 5.11 Å². The Morgan fingerprint density at radius 2 is 2.57 bits per heavy atom. The Morgan fingerprint density at radius 3 is 2.71 bits per heavy atom. The summed E-state index contributed by atoms with van der Waals surface area (Å²) in [5.74, 6) is 0. The number of aliphatic hydroxyl groups excluding tert-OH is 1. The summed E-state index contributed by atoms with van der Waals surface area (Å²) in [6.45, 7) is 1.49. The van der Waals surface area contributed by atoms with Crippen LogP contribution in [0, 0.1) is 4.91 Å². The summed E-state index contributed by atoms with van der Waals surface area (Å²) in [6, 6.07) is 0. The molecule has 1 unspecified atom stereocenters. The van der Waals surface area contributed by atoms with Crippen LogP contribution in [-0.4, -0.2) is 18.0 Å². The summed E-state index contributed by atoms with van der Waals surface area (Å²) in [5.41, 5.74) is 0. The fraction of sp³-hybridized carbons (Fsp3) is 1.00. The molecule has 0 aliphatic carbocycles.